The second kappa shape index (κ2) is 19.9. The number of hydrogen-bond donors (Lipinski definition) is 3. The maximum Gasteiger partial charge on any atom is 0.255 e. The lowest BCUT2D eigenvalue weighted by Crippen LogP contribution is -2.31. The fourth-order valence-corrected chi connectivity index (χ4v) is 10.2. The van der Waals surface area contributed by atoms with Gasteiger partial charge in [-0.25, -0.2) is 0 Å². The Balaban J connectivity index is 1.24. The Bertz CT molecular complexity index is 3550. The third kappa shape index (κ3) is 9.76. The number of nitrogens with one attached hydrogen (secondary N) is 2. The number of anilines is 4. The molecular weight excluding hydrogens is 901 g/mol. The molecule has 0 saturated heterocycles. The van der Waals surface area contributed by atoms with Gasteiger partial charge in [-0.1, -0.05) is 88.0 Å². The highest BCUT2D eigenvalue weighted by molar-refractivity contribution is 6.40. The van der Waals surface area contributed by atoms with Crippen LogP contribution in [-0.2, 0) is 4.79 Å². The SMILES string of the molecule is Cc1ccc(C(=O)NC2=CC(=[N+](c3ccc(C)cc3C)c3c(C)cc(C)cc3C)C=CC2=C2C(=O)C(c3ccc(N(c4ccc(C)cc4C)c4ccc(C)cc4C)cc3NC(=O)c3ccc(C)cc3)=C2O)cc1. The predicted molar refractivity (Wildman–Crippen MR) is 300 cm³/mol. The van der Waals surface area contributed by atoms with Crippen molar-refractivity contribution in [1.29, 1.82) is 0 Å². The summed E-state index contributed by atoms with van der Waals surface area (Å²) in [4.78, 5) is 45.6. The molecule has 9 rings (SSSR count). The van der Waals surface area contributed by atoms with Crippen LogP contribution in [0.3, 0.4) is 0 Å². The maximum absolute atomic E-state index is 15.0. The summed E-state index contributed by atoms with van der Waals surface area (Å²) in [5.41, 5.74) is 19.6. The number of carbonyl (C=O) groups excluding carboxylic acids is 3. The van der Waals surface area contributed by atoms with Gasteiger partial charge in [0.05, 0.1) is 22.5 Å². The summed E-state index contributed by atoms with van der Waals surface area (Å²) in [7, 11) is 0. The molecule has 0 spiro atoms. The smallest absolute Gasteiger partial charge is 0.255 e. The van der Waals surface area contributed by atoms with Crippen LogP contribution in [0.1, 0.15) is 87.5 Å². The van der Waals surface area contributed by atoms with Gasteiger partial charge >= 0.3 is 0 Å². The van der Waals surface area contributed by atoms with Gasteiger partial charge in [-0.2, -0.15) is 4.58 Å². The number of aliphatic hydroxyl groups is 1. The lowest BCUT2D eigenvalue weighted by Gasteiger charge is -2.31. The third-order valence-electron chi connectivity index (χ3n) is 13.8. The van der Waals surface area contributed by atoms with E-state index >= 15 is 4.79 Å². The van der Waals surface area contributed by atoms with Gasteiger partial charge in [0.2, 0.25) is 22.9 Å². The van der Waals surface area contributed by atoms with Crippen molar-refractivity contribution in [2.45, 2.75) is 76.2 Å². The van der Waals surface area contributed by atoms with Crippen LogP contribution in [0, 0.1) is 76.2 Å². The standard InChI is InChI=1S/C65H60N4O4/c1-37-12-19-48(20-13-37)64(72)66-54-35-50(68(56-27-16-39(3)30-43(56)7)57-28-17-40(4)31-44(57)8)23-25-52(54)59-62(70)60(63(59)71)53-26-24-51(36-55(53)67-65(73)49-21-14-38(2)15-22-49)69(58-29-18-41(5)32-45(58)9)61-46(10)33-42(6)34-47(61)11/h12-36H,1-11H3,(H2,66,67,70,71,72,73)/p+1. The fraction of sp³-hybridized carbons (Fsp3) is 0.169. The summed E-state index contributed by atoms with van der Waals surface area (Å²) in [6.45, 7) is 22.7. The first kappa shape index (κ1) is 49.4. The second-order valence-corrected chi connectivity index (χ2v) is 19.8. The zero-order valence-corrected chi connectivity index (χ0v) is 43.5. The van der Waals surface area contributed by atoms with Crippen LogP contribution in [0.4, 0.5) is 34.1 Å². The van der Waals surface area contributed by atoms with Crippen molar-refractivity contribution in [3.05, 3.63) is 252 Å². The van der Waals surface area contributed by atoms with Gasteiger partial charge in [-0.05, 0) is 166 Å². The van der Waals surface area contributed by atoms with Crippen molar-refractivity contribution >= 4 is 63.0 Å². The average Bonchev–Trinajstić information content (AvgIpc) is 3.33. The van der Waals surface area contributed by atoms with E-state index in [-0.39, 0.29) is 28.7 Å². The lowest BCUT2D eigenvalue weighted by atomic mass is 9.78. The molecule has 7 aromatic rings. The number of Topliss-reactive ketones (excluding diaryl/α,β-unsaturated/α-hetero) is 1. The molecule has 0 atom stereocenters. The highest BCUT2D eigenvalue weighted by Crippen LogP contribution is 2.46. The van der Waals surface area contributed by atoms with Crippen molar-refractivity contribution in [2.24, 2.45) is 0 Å². The maximum atomic E-state index is 15.0. The summed E-state index contributed by atoms with van der Waals surface area (Å²) in [5, 5.41) is 18.7. The van der Waals surface area contributed by atoms with Crippen molar-refractivity contribution in [3.63, 3.8) is 0 Å². The van der Waals surface area contributed by atoms with Gasteiger partial charge in [0.1, 0.15) is 5.76 Å². The first-order valence-corrected chi connectivity index (χ1v) is 24.7. The third-order valence-corrected chi connectivity index (χ3v) is 13.8. The Morgan fingerprint density at radius 2 is 0.986 bits per heavy atom. The fourth-order valence-electron chi connectivity index (χ4n) is 10.2. The van der Waals surface area contributed by atoms with Crippen LogP contribution in [-0.4, -0.2) is 28.4 Å². The molecule has 8 nitrogen and oxygen atoms in total. The highest BCUT2D eigenvalue weighted by Gasteiger charge is 2.40. The highest BCUT2D eigenvalue weighted by atomic mass is 16.3. The summed E-state index contributed by atoms with van der Waals surface area (Å²) in [6.07, 6.45) is 5.60. The van der Waals surface area contributed by atoms with E-state index in [0.717, 1.165) is 95.3 Å². The molecule has 0 unspecified atom stereocenters. The van der Waals surface area contributed by atoms with E-state index in [1.807, 2.05) is 62.4 Å². The number of aliphatic hydroxyl groups excluding tert-OH is 1. The number of carbonyl (C=O) groups is 3. The Labute approximate surface area is 429 Å². The van der Waals surface area contributed by atoms with Gasteiger partial charge in [0, 0.05) is 74.2 Å². The number of allylic oxidation sites excluding steroid dienone is 5. The summed E-state index contributed by atoms with van der Waals surface area (Å²) in [5.74, 6) is -1.43. The molecule has 0 radical (unpaired) electrons. The molecular formula is C65H61N4O4+. The predicted octanol–water partition coefficient (Wildman–Crippen LogP) is 14.8. The zero-order valence-electron chi connectivity index (χ0n) is 43.5. The number of rotatable bonds is 10. The van der Waals surface area contributed by atoms with Gasteiger partial charge < -0.3 is 20.6 Å². The molecule has 0 saturated carbocycles. The minimum absolute atomic E-state index is 0.0491. The van der Waals surface area contributed by atoms with E-state index in [0.29, 0.717) is 33.6 Å². The van der Waals surface area contributed by atoms with E-state index in [1.165, 1.54) is 0 Å². The minimum atomic E-state index is -0.438. The molecule has 2 aliphatic carbocycles. The Hall–Kier alpha value is -8.62. The van der Waals surface area contributed by atoms with E-state index in [1.54, 1.807) is 36.4 Å². The summed E-state index contributed by atoms with van der Waals surface area (Å²) in [6, 6.07) is 43.5. The molecule has 0 heterocycles. The molecule has 7 aromatic carbocycles. The van der Waals surface area contributed by atoms with Crippen LogP contribution < -0.4 is 20.1 Å². The van der Waals surface area contributed by atoms with E-state index < -0.39 is 5.78 Å². The van der Waals surface area contributed by atoms with Crippen molar-refractivity contribution in [3.8, 4) is 0 Å². The molecule has 0 aliphatic heterocycles. The average molecular weight is 962 g/mol. The van der Waals surface area contributed by atoms with Crippen LogP contribution in [0.15, 0.2) is 174 Å². The van der Waals surface area contributed by atoms with Crippen molar-refractivity contribution < 1.29 is 19.5 Å². The lowest BCUT2D eigenvalue weighted by molar-refractivity contribution is -0.111. The first-order valence-electron chi connectivity index (χ1n) is 24.7. The van der Waals surface area contributed by atoms with Gasteiger partial charge in [-0.15, -0.1) is 0 Å². The molecule has 0 aromatic heterocycles. The second-order valence-electron chi connectivity index (χ2n) is 19.8. The van der Waals surface area contributed by atoms with Crippen LogP contribution >= 0.6 is 0 Å². The molecule has 3 N–H and O–H groups in total. The largest absolute Gasteiger partial charge is 0.506 e. The Morgan fingerprint density at radius 3 is 1.51 bits per heavy atom. The van der Waals surface area contributed by atoms with E-state index in [2.05, 4.69) is 149 Å². The van der Waals surface area contributed by atoms with Crippen LogP contribution in [0.25, 0.3) is 5.57 Å². The van der Waals surface area contributed by atoms with Gasteiger partial charge in [0.25, 0.3) is 11.8 Å². The van der Waals surface area contributed by atoms with E-state index in [4.69, 9.17) is 0 Å². The van der Waals surface area contributed by atoms with Crippen LogP contribution in [0.2, 0.25) is 0 Å². The number of benzene rings is 7. The number of amides is 2. The summed E-state index contributed by atoms with van der Waals surface area (Å²) < 4.78 is 2.20. The number of aryl methyl sites for hydroxylation is 11. The molecule has 73 heavy (non-hydrogen) atoms. The normalized spacial score (nSPS) is 14.9. The quantitative estimate of drug-likeness (QED) is 0.0936. The Morgan fingerprint density at radius 1 is 0.493 bits per heavy atom. The minimum Gasteiger partial charge on any atom is -0.506 e. The van der Waals surface area contributed by atoms with Gasteiger partial charge in [0.15, 0.2) is 0 Å². The monoisotopic (exact) mass is 961 g/mol. The van der Waals surface area contributed by atoms with Crippen molar-refractivity contribution in [1.82, 2.24) is 9.89 Å². The molecule has 2 aliphatic rings. The van der Waals surface area contributed by atoms with Crippen molar-refractivity contribution in [2.75, 3.05) is 10.2 Å². The first-order chi connectivity index (χ1) is 34.9. The molecule has 0 bridgehead atoms. The number of nitrogens with zero attached hydrogens (tertiary/aromatic N) is 2. The molecule has 8 heteroatoms. The summed E-state index contributed by atoms with van der Waals surface area (Å²) >= 11 is 0. The topological polar surface area (TPSA) is 102 Å². The number of hydrogen-bond acceptors (Lipinski definition) is 5. The molecule has 2 amide bonds. The van der Waals surface area contributed by atoms with E-state index in [9.17, 15) is 14.7 Å². The molecule has 0 fully saturated rings. The zero-order chi connectivity index (χ0) is 52.0. The Kier molecular flexibility index (Phi) is 13.4. The van der Waals surface area contributed by atoms with Crippen LogP contribution in [0.5, 0.6) is 0 Å². The van der Waals surface area contributed by atoms with Gasteiger partial charge in [-0.3, -0.25) is 14.4 Å². The number of ketones is 1. The molecule has 364 valence electrons.